The number of carboxylic acids is 1. The number of ether oxygens (including phenoxy) is 4. The van der Waals surface area contributed by atoms with Crippen LogP contribution in [0.15, 0.2) is 18.2 Å². The van der Waals surface area contributed by atoms with Crippen LogP contribution in [0.4, 0.5) is 0 Å². The summed E-state index contributed by atoms with van der Waals surface area (Å²) in [7, 11) is 4.61. The van der Waals surface area contributed by atoms with E-state index in [1.54, 1.807) is 19.2 Å². The van der Waals surface area contributed by atoms with E-state index in [1.807, 2.05) is 6.92 Å². The minimum absolute atomic E-state index is 0.0778. The Kier molecular flexibility index (Phi) is 6.55. The first-order chi connectivity index (χ1) is 10.0. The maximum absolute atomic E-state index is 10.6. The highest BCUT2D eigenvalue weighted by Crippen LogP contribution is 2.39. The van der Waals surface area contributed by atoms with Crippen LogP contribution in [0.2, 0.25) is 0 Å². The van der Waals surface area contributed by atoms with Gasteiger partial charge in [-0.1, -0.05) is 0 Å². The van der Waals surface area contributed by atoms with Crippen LogP contribution in [-0.2, 0) is 9.53 Å². The molecule has 0 aliphatic carbocycles. The molecule has 116 valence electrons. The highest BCUT2D eigenvalue weighted by atomic mass is 16.6. The number of rotatable bonds is 8. The number of hydrogen-bond donors (Lipinski definition) is 1. The van der Waals surface area contributed by atoms with E-state index in [9.17, 15) is 4.79 Å². The van der Waals surface area contributed by atoms with Crippen molar-refractivity contribution in [3.05, 3.63) is 23.8 Å². The monoisotopic (exact) mass is 296 g/mol. The molecule has 0 radical (unpaired) electrons. The minimum atomic E-state index is -1.03. The predicted molar refractivity (Wildman–Crippen MR) is 78.2 cm³/mol. The molecule has 1 aromatic rings. The van der Waals surface area contributed by atoms with Crippen molar-refractivity contribution in [2.75, 3.05) is 27.9 Å². The van der Waals surface area contributed by atoms with Gasteiger partial charge in [-0.15, -0.1) is 0 Å². The van der Waals surface area contributed by atoms with Crippen molar-refractivity contribution < 1.29 is 28.8 Å². The summed E-state index contributed by atoms with van der Waals surface area (Å²) in [4.78, 5) is 10.6. The lowest BCUT2D eigenvalue weighted by Crippen LogP contribution is -2.16. The summed E-state index contributed by atoms with van der Waals surface area (Å²) in [6.07, 6.45) is 2.42. The molecule has 6 nitrogen and oxygen atoms in total. The first-order valence-corrected chi connectivity index (χ1v) is 6.34. The molecule has 0 aliphatic heterocycles. The van der Waals surface area contributed by atoms with Gasteiger partial charge in [-0.25, -0.2) is 4.79 Å². The normalized spacial score (nSPS) is 12.2. The highest BCUT2D eigenvalue weighted by molar-refractivity contribution is 5.85. The summed E-state index contributed by atoms with van der Waals surface area (Å²) in [6.45, 7) is 2.22. The topological polar surface area (TPSA) is 74.2 Å². The van der Waals surface area contributed by atoms with Crippen LogP contribution >= 0.6 is 0 Å². The molecule has 21 heavy (non-hydrogen) atoms. The summed E-state index contributed by atoms with van der Waals surface area (Å²) in [5.74, 6) is 0.351. The van der Waals surface area contributed by atoms with Crippen molar-refractivity contribution in [1.82, 2.24) is 0 Å². The molecule has 6 heteroatoms. The van der Waals surface area contributed by atoms with Crippen LogP contribution in [0.5, 0.6) is 17.2 Å². The second kappa shape index (κ2) is 8.16. The Morgan fingerprint density at radius 1 is 1.24 bits per heavy atom. The maximum atomic E-state index is 10.6. The van der Waals surface area contributed by atoms with E-state index < -0.39 is 5.97 Å². The minimum Gasteiger partial charge on any atom is -0.493 e. The largest absolute Gasteiger partial charge is 0.493 e. The molecule has 0 aliphatic rings. The molecule has 1 rings (SSSR count). The summed E-state index contributed by atoms with van der Waals surface area (Å²) >= 11 is 0. The second-order valence-corrected chi connectivity index (χ2v) is 4.28. The van der Waals surface area contributed by atoms with Gasteiger partial charge in [-0.2, -0.15) is 0 Å². The third-order valence-corrected chi connectivity index (χ3v) is 2.77. The second-order valence-electron chi connectivity index (χ2n) is 4.28. The van der Waals surface area contributed by atoms with Crippen molar-refractivity contribution in [3.8, 4) is 17.2 Å². The van der Waals surface area contributed by atoms with Gasteiger partial charge < -0.3 is 24.1 Å². The van der Waals surface area contributed by atoms with E-state index in [2.05, 4.69) is 0 Å². The number of carboxylic acid groups (broad SMARTS) is 1. The quantitative estimate of drug-likeness (QED) is 0.741. The molecule has 0 saturated heterocycles. The third-order valence-electron chi connectivity index (χ3n) is 2.77. The molecular formula is C15H20O6. The number of hydrogen-bond acceptors (Lipinski definition) is 5. The lowest BCUT2D eigenvalue weighted by Gasteiger charge is -2.17. The van der Waals surface area contributed by atoms with E-state index >= 15 is 0 Å². The smallest absolute Gasteiger partial charge is 0.328 e. The lowest BCUT2D eigenvalue weighted by atomic mass is 10.1. The third kappa shape index (κ3) is 5.00. The summed E-state index contributed by atoms with van der Waals surface area (Å²) in [6, 6.07) is 3.35. The molecule has 0 amide bonds. The van der Waals surface area contributed by atoms with Crippen molar-refractivity contribution in [3.63, 3.8) is 0 Å². The van der Waals surface area contributed by atoms with Crippen molar-refractivity contribution in [1.29, 1.82) is 0 Å². The molecule has 0 fully saturated rings. The van der Waals surface area contributed by atoms with Gasteiger partial charge in [0.15, 0.2) is 11.5 Å². The summed E-state index contributed by atoms with van der Waals surface area (Å²) in [5, 5.41) is 8.67. The van der Waals surface area contributed by atoms with E-state index in [1.165, 1.54) is 20.3 Å². The summed E-state index contributed by atoms with van der Waals surface area (Å²) in [5.41, 5.74) is 0.637. The molecule has 1 N–H and O–H groups in total. The van der Waals surface area contributed by atoms with Gasteiger partial charge in [0.2, 0.25) is 5.75 Å². The lowest BCUT2D eigenvalue weighted by molar-refractivity contribution is -0.131. The van der Waals surface area contributed by atoms with Crippen molar-refractivity contribution in [2.45, 2.75) is 13.0 Å². The van der Waals surface area contributed by atoms with Gasteiger partial charge in [-0.3, -0.25) is 0 Å². The molecule has 0 spiro atoms. The molecule has 0 bridgehead atoms. The van der Waals surface area contributed by atoms with Crippen molar-refractivity contribution >= 4 is 12.0 Å². The summed E-state index contributed by atoms with van der Waals surface area (Å²) < 4.78 is 21.3. The fraction of sp³-hybridized carbons (Fsp3) is 0.400. The zero-order valence-corrected chi connectivity index (χ0v) is 12.6. The van der Waals surface area contributed by atoms with E-state index in [0.29, 0.717) is 29.4 Å². The Labute approximate surface area is 123 Å². The number of methoxy groups -OCH3 is 3. The van der Waals surface area contributed by atoms with Gasteiger partial charge in [0, 0.05) is 13.2 Å². The van der Waals surface area contributed by atoms with E-state index in [0.717, 1.165) is 6.08 Å². The fourth-order valence-electron chi connectivity index (χ4n) is 1.57. The van der Waals surface area contributed by atoms with Gasteiger partial charge >= 0.3 is 5.97 Å². The molecule has 1 aromatic carbocycles. The van der Waals surface area contributed by atoms with Gasteiger partial charge in [0.05, 0.1) is 20.3 Å². The molecule has 1 unspecified atom stereocenters. The van der Waals surface area contributed by atoms with Gasteiger partial charge in [0.25, 0.3) is 0 Å². The SMILES string of the molecule is COc1cc(/C=C/C(=O)O)cc(OC)c1OCC(C)OC. The molecule has 0 heterocycles. The Balaban J connectivity index is 3.09. The maximum Gasteiger partial charge on any atom is 0.328 e. The number of benzene rings is 1. The van der Waals surface area contributed by atoms with Gasteiger partial charge in [0.1, 0.15) is 6.61 Å². The Bertz CT molecular complexity index is 484. The Morgan fingerprint density at radius 3 is 2.24 bits per heavy atom. The van der Waals surface area contributed by atoms with Crippen LogP contribution in [-0.4, -0.2) is 45.1 Å². The average molecular weight is 296 g/mol. The van der Waals surface area contributed by atoms with E-state index in [4.69, 9.17) is 24.1 Å². The molecule has 1 atom stereocenters. The standard InChI is InChI=1S/C15H20O6/c1-10(18-2)9-21-15-12(19-3)7-11(5-6-14(16)17)8-13(15)20-4/h5-8,10H,9H2,1-4H3,(H,16,17)/b6-5+. The average Bonchev–Trinajstić information content (AvgIpc) is 2.49. The van der Waals surface area contributed by atoms with Crippen LogP contribution < -0.4 is 14.2 Å². The zero-order chi connectivity index (χ0) is 15.8. The fourth-order valence-corrected chi connectivity index (χ4v) is 1.57. The molecule has 0 aromatic heterocycles. The van der Waals surface area contributed by atoms with Crippen LogP contribution in [0.25, 0.3) is 6.08 Å². The van der Waals surface area contributed by atoms with Crippen LogP contribution in [0.1, 0.15) is 12.5 Å². The number of carbonyl (C=O) groups is 1. The van der Waals surface area contributed by atoms with Gasteiger partial charge in [-0.05, 0) is 30.7 Å². The molecule has 0 saturated carbocycles. The predicted octanol–water partition coefficient (Wildman–Crippen LogP) is 2.22. The zero-order valence-electron chi connectivity index (χ0n) is 12.6. The molecular weight excluding hydrogens is 276 g/mol. The van der Waals surface area contributed by atoms with Crippen LogP contribution in [0, 0.1) is 0 Å². The number of aliphatic carboxylic acids is 1. The highest BCUT2D eigenvalue weighted by Gasteiger charge is 2.14. The van der Waals surface area contributed by atoms with Crippen molar-refractivity contribution in [2.24, 2.45) is 0 Å². The van der Waals surface area contributed by atoms with E-state index in [-0.39, 0.29) is 6.10 Å². The Morgan fingerprint density at radius 2 is 1.81 bits per heavy atom. The first kappa shape index (κ1) is 16.8. The first-order valence-electron chi connectivity index (χ1n) is 6.34. The Hall–Kier alpha value is -2.21. The van der Waals surface area contributed by atoms with Crippen LogP contribution in [0.3, 0.4) is 0 Å².